The maximum Gasteiger partial charge on any atom is 0.164 e. The normalized spacial score (nSPS) is 19.1. The van der Waals surface area contributed by atoms with Crippen LogP contribution >= 0.6 is 0 Å². The summed E-state index contributed by atoms with van der Waals surface area (Å²) in [6, 6.07) is 5.81. The van der Waals surface area contributed by atoms with Crippen LogP contribution in [0.1, 0.15) is 29.9 Å². The second-order valence-electron chi connectivity index (χ2n) is 4.46. The van der Waals surface area contributed by atoms with E-state index in [2.05, 4.69) is 11.4 Å². The van der Waals surface area contributed by atoms with Gasteiger partial charge in [0.15, 0.2) is 11.5 Å². The summed E-state index contributed by atoms with van der Waals surface area (Å²) in [5, 5.41) is 12.5. The van der Waals surface area contributed by atoms with E-state index < -0.39 is 0 Å². The first-order valence-electron chi connectivity index (χ1n) is 6.17. The third kappa shape index (κ3) is 2.41. The van der Waals surface area contributed by atoms with E-state index in [1.807, 2.05) is 6.07 Å². The zero-order chi connectivity index (χ0) is 13.0. The zero-order valence-electron chi connectivity index (χ0n) is 10.8. The average molecular weight is 246 g/mol. The molecule has 1 aromatic rings. The minimum absolute atomic E-state index is 0.385. The van der Waals surface area contributed by atoms with E-state index in [1.54, 1.807) is 20.3 Å². The number of benzene rings is 1. The highest BCUT2D eigenvalue weighted by Crippen LogP contribution is 2.38. The predicted molar refractivity (Wildman–Crippen MR) is 69.1 cm³/mol. The number of hydrogen-bond donors (Lipinski definition) is 1. The van der Waals surface area contributed by atoms with Gasteiger partial charge in [0.2, 0.25) is 0 Å². The van der Waals surface area contributed by atoms with Crippen molar-refractivity contribution in [3.05, 3.63) is 23.3 Å². The molecule has 1 saturated heterocycles. The average Bonchev–Trinajstić information content (AvgIpc) is 2.46. The topological polar surface area (TPSA) is 54.3 Å². The summed E-state index contributed by atoms with van der Waals surface area (Å²) in [6.45, 7) is 1.99. The van der Waals surface area contributed by atoms with Crippen LogP contribution < -0.4 is 14.8 Å². The molecule has 2 rings (SSSR count). The van der Waals surface area contributed by atoms with Crippen LogP contribution in [0.3, 0.4) is 0 Å². The largest absolute Gasteiger partial charge is 0.493 e. The minimum atomic E-state index is 0.385. The number of piperidine rings is 1. The lowest BCUT2D eigenvalue weighted by Gasteiger charge is -2.25. The van der Waals surface area contributed by atoms with E-state index in [0.29, 0.717) is 17.2 Å². The lowest BCUT2D eigenvalue weighted by molar-refractivity contribution is 0.344. The molecule has 96 valence electrons. The van der Waals surface area contributed by atoms with E-state index in [9.17, 15) is 0 Å². The van der Waals surface area contributed by atoms with E-state index in [1.165, 1.54) is 0 Å². The fourth-order valence-corrected chi connectivity index (χ4v) is 2.48. The van der Waals surface area contributed by atoms with Gasteiger partial charge < -0.3 is 14.8 Å². The molecule has 4 nitrogen and oxygen atoms in total. The molecule has 1 aliphatic heterocycles. The number of nitrogens with zero attached hydrogens (tertiary/aromatic N) is 1. The first kappa shape index (κ1) is 12.7. The smallest absolute Gasteiger partial charge is 0.164 e. The Morgan fingerprint density at radius 3 is 2.72 bits per heavy atom. The quantitative estimate of drug-likeness (QED) is 0.886. The lowest BCUT2D eigenvalue weighted by atomic mass is 9.89. The fourth-order valence-electron chi connectivity index (χ4n) is 2.48. The molecule has 1 fully saturated rings. The van der Waals surface area contributed by atoms with Gasteiger partial charge in [-0.3, -0.25) is 0 Å². The van der Waals surface area contributed by atoms with Crippen molar-refractivity contribution in [2.75, 3.05) is 27.3 Å². The Bertz CT molecular complexity index is 460. The van der Waals surface area contributed by atoms with E-state index >= 15 is 0 Å². The van der Waals surface area contributed by atoms with Crippen molar-refractivity contribution >= 4 is 0 Å². The molecule has 1 unspecified atom stereocenters. The summed E-state index contributed by atoms with van der Waals surface area (Å²) in [6.07, 6.45) is 2.26. The molecule has 1 atom stereocenters. The van der Waals surface area contributed by atoms with Crippen LogP contribution in [-0.2, 0) is 0 Å². The van der Waals surface area contributed by atoms with Gasteiger partial charge in [-0.15, -0.1) is 0 Å². The highest BCUT2D eigenvalue weighted by Gasteiger charge is 2.22. The van der Waals surface area contributed by atoms with Crippen LogP contribution in [-0.4, -0.2) is 27.3 Å². The van der Waals surface area contributed by atoms with Crippen LogP contribution in [0.15, 0.2) is 12.1 Å². The van der Waals surface area contributed by atoms with E-state index in [-0.39, 0.29) is 0 Å². The maximum absolute atomic E-state index is 9.08. The van der Waals surface area contributed by atoms with Gasteiger partial charge in [0.1, 0.15) is 0 Å². The Labute approximate surface area is 108 Å². The van der Waals surface area contributed by atoms with E-state index in [4.69, 9.17) is 14.7 Å². The Hall–Kier alpha value is -1.73. The molecule has 0 aliphatic carbocycles. The summed E-state index contributed by atoms with van der Waals surface area (Å²) < 4.78 is 10.8. The van der Waals surface area contributed by atoms with Gasteiger partial charge in [0.25, 0.3) is 0 Å². The maximum atomic E-state index is 9.08. The second-order valence-corrected chi connectivity index (χ2v) is 4.46. The van der Waals surface area contributed by atoms with Crippen molar-refractivity contribution < 1.29 is 9.47 Å². The molecule has 0 bridgehead atoms. The summed E-state index contributed by atoms with van der Waals surface area (Å²) in [4.78, 5) is 0. The zero-order valence-corrected chi connectivity index (χ0v) is 10.8. The molecule has 0 spiro atoms. The predicted octanol–water partition coefficient (Wildman–Crippen LogP) is 2.04. The van der Waals surface area contributed by atoms with Crippen molar-refractivity contribution in [1.82, 2.24) is 5.32 Å². The summed E-state index contributed by atoms with van der Waals surface area (Å²) >= 11 is 0. The number of methoxy groups -OCH3 is 2. The number of nitrogens with one attached hydrogen (secondary N) is 1. The SMILES string of the molecule is COc1cc(C#N)cc(C2CCCNC2)c1OC. The molecule has 4 heteroatoms. The van der Waals surface area contributed by atoms with Crippen molar-refractivity contribution in [3.63, 3.8) is 0 Å². The molecule has 0 aromatic heterocycles. The molecule has 0 radical (unpaired) electrons. The lowest BCUT2D eigenvalue weighted by Crippen LogP contribution is -2.28. The monoisotopic (exact) mass is 246 g/mol. The third-order valence-corrected chi connectivity index (χ3v) is 3.37. The second kappa shape index (κ2) is 5.74. The van der Waals surface area contributed by atoms with Crippen LogP contribution in [0, 0.1) is 11.3 Å². The standard InChI is InChI=1S/C14H18N2O2/c1-17-13-7-10(8-15)6-12(14(13)18-2)11-4-3-5-16-9-11/h6-7,11,16H,3-5,9H2,1-2H3. The van der Waals surface area contributed by atoms with Crippen LogP contribution in [0.4, 0.5) is 0 Å². The van der Waals surface area contributed by atoms with Crippen molar-refractivity contribution in [2.24, 2.45) is 0 Å². The van der Waals surface area contributed by atoms with Gasteiger partial charge in [-0.1, -0.05) is 0 Å². The summed E-state index contributed by atoms with van der Waals surface area (Å²) in [7, 11) is 3.24. The first-order chi connectivity index (χ1) is 8.80. The van der Waals surface area contributed by atoms with Crippen LogP contribution in [0.2, 0.25) is 0 Å². The molecule has 0 amide bonds. The van der Waals surface area contributed by atoms with Gasteiger partial charge in [0, 0.05) is 24.1 Å². The Morgan fingerprint density at radius 1 is 1.33 bits per heavy atom. The Morgan fingerprint density at radius 2 is 2.17 bits per heavy atom. The fraction of sp³-hybridized carbons (Fsp3) is 0.500. The van der Waals surface area contributed by atoms with Gasteiger partial charge in [-0.05, 0) is 25.5 Å². The van der Waals surface area contributed by atoms with Crippen LogP contribution in [0.25, 0.3) is 0 Å². The van der Waals surface area contributed by atoms with E-state index in [0.717, 1.165) is 37.2 Å². The summed E-state index contributed by atoms with van der Waals surface area (Å²) in [5.41, 5.74) is 1.69. The first-order valence-corrected chi connectivity index (χ1v) is 6.17. The molecular weight excluding hydrogens is 228 g/mol. The molecule has 0 saturated carbocycles. The molecule has 1 aromatic carbocycles. The van der Waals surface area contributed by atoms with Crippen molar-refractivity contribution in [1.29, 1.82) is 5.26 Å². The number of nitriles is 1. The number of rotatable bonds is 3. The molecule has 18 heavy (non-hydrogen) atoms. The van der Waals surface area contributed by atoms with Crippen molar-refractivity contribution in [3.8, 4) is 17.6 Å². The third-order valence-electron chi connectivity index (χ3n) is 3.37. The highest BCUT2D eigenvalue weighted by molar-refractivity contribution is 5.54. The van der Waals surface area contributed by atoms with Gasteiger partial charge in [-0.2, -0.15) is 5.26 Å². The molecule has 1 aliphatic rings. The Kier molecular flexibility index (Phi) is 4.06. The van der Waals surface area contributed by atoms with Crippen LogP contribution in [0.5, 0.6) is 11.5 Å². The Balaban J connectivity index is 2.45. The van der Waals surface area contributed by atoms with Crippen molar-refractivity contribution in [2.45, 2.75) is 18.8 Å². The van der Waals surface area contributed by atoms with Gasteiger partial charge in [-0.25, -0.2) is 0 Å². The molecule has 1 heterocycles. The highest BCUT2D eigenvalue weighted by atomic mass is 16.5. The summed E-state index contributed by atoms with van der Waals surface area (Å²) in [5.74, 6) is 1.78. The number of hydrogen-bond acceptors (Lipinski definition) is 4. The molecular formula is C14H18N2O2. The minimum Gasteiger partial charge on any atom is -0.493 e. The van der Waals surface area contributed by atoms with Gasteiger partial charge >= 0.3 is 0 Å². The number of ether oxygens (including phenoxy) is 2. The van der Waals surface area contributed by atoms with Gasteiger partial charge in [0.05, 0.1) is 25.9 Å². The molecule has 1 N–H and O–H groups in total.